The van der Waals surface area contributed by atoms with Crippen LogP contribution in [0.15, 0.2) is 36.4 Å². The van der Waals surface area contributed by atoms with Crippen molar-refractivity contribution in [3.63, 3.8) is 0 Å². The zero-order valence-corrected chi connectivity index (χ0v) is 21.2. The second kappa shape index (κ2) is 11.6. The third kappa shape index (κ3) is 6.90. The third-order valence-corrected chi connectivity index (χ3v) is 6.29. The minimum Gasteiger partial charge on any atom is -0.493 e. The fourth-order valence-corrected chi connectivity index (χ4v) is 3.60. The molecule has 0 amide bonds. The molecule has 0 aromatic heterocycles. The maximum absolute atomic E-state index is 11.2. The number of halogens is 1. The largest absolute Gasteiger partial charge is 0.493 e. The molecule has 0 aliphatic carbocycles. The van der Waals surface area contributed by atoms with Gasteiger partial charge in [0.05, 0.1) is 12.5 Å². The van der Waals surface area contributed by atoms with Crippen LogP contribution in [0.2, 0.25) is 0 Å². The molecule has 2 rings (SSSR count). The van der Waals surface area contributed by atoms with Crippen LogP contribution in [0.5, 0.6) is 11.5 Å². The predicted octanol–water partition coefficient (Wildman–Crippen LogP) is 6.60. The number of ether oxygens (including phenoxy) is 3. The Morgan fingerprint density at radius 3 is 1.88 bits per heavy atom. The number of esters is 1. The maximum atomic E-state index is 11.2. The molecule has 0 unspecified atom stereocenters. The molecule has 0 saturated heterocycles. The Labute approximate surface area is 198 Å². The highest BCUT2D eigenvalue weighted by Gasteiger charge is 2.25. The summed E-state index contributed by atoms with van der Waals surface area (Å²) in [5.41, 5.74) is 4.42. The van der Waals surface area contributed by atoms with Crippen molar-refractivity contribution >= 4 is 17.6 Å². The van der Waals surface area contributed by atoms with Crippen molar-refractivity contribution in [2.75, 3.05) is 19.1 Å². The summed E-state index contributed by atoms with van der Waals surface area (Å²) in [5, 5.41) is 0. The number of carbonyl (C=O) groups is 1. The molecule has 2 aromatic rings. The van der Waals surface area contributed by atoms with Crippen molar-refractivity contribution < 1.29 is 19.0 Å². The van der Waals surface area contributed by atoms with E-state index in [0.717, 1.165) is 35.7 Å². The molecule has 0 N–H and O–H groups in total. The molecule has 2 atom stereocenters. The second-order valence-corrected chi connectivity index (χ2v) is 9.42. The normalized spacial score (nSPS) is 13.4. The summed E-state index contributed by atoms with van der Waals surface area (Å²) in [6.07, 6.45) is 0.646. The zero-order valence-electron chi connectivity index (χ0n) is 20.5. The van der Waals surface area contributed by atoms with Crippen molar-refractivity contribution in [2.45, 2.75) is 66.4 Å². The van der Waals surface area contributed by atoms with Crippen LogP contribution in [0.25, 0.3) is 0 Å². The number of alkyl halides is 1. The summed E-state index contributed by atoms with van der Waals surface area (Å²) in [5.74, 6) is 2.09. The summed E-state index contributed by atoms with van der Waals surface area (Å²) in [6.45, 7) is 15.3. The maximum Gasteiger partial charge on any atom is 0.303 e. The fourth-order valence-electron chi connectivity index (χ4n) is 3.44. The van der Waals surface area contributed by atoms with Gasteiger partial charge in [0.25, 0.3) is 0 Å². The first kappa shape index (κ1) is 26.1. The topological polar surface area (TPSA) is 44.8 Å². The van der Waals surface area contributed by atoms with Crippen LogP contribution in [-0.4, -0.2) is 31.2 Å². The first-order valence-electron chi connectivity index (χ1n) is 11.3. The van der Waals surface area contributed by atoms with E-state index >= 15 is 0 Å². The molecule has 5 heteroatoms. The van der Waals surface area contributed by atoms with Gasteiger partial charge in [-0.3, -0.25) is 4.79 Å². The Morgan fingerprint density at radius 1 is 0.969 bits per heavy atom. The van der Waals surface area contributed by atoms with E-state index in [1.54, 1.807) is 0 Å². The van der Waals surface area contributed by atoms with Crippen LogP contribution in [-0.2, 0) is 14.9 Å². The lowest BCUT2D eigenvalue weighted by Gasteiger charge is -2.28. The fraction of sp³-hybridized carbons (Fsp3) is 0.519. The van der Waals surface area contributed by atoms with E-state index < -0.39 is 6.10 Å². The lowest BCUT2D eigenvalue weighted by atomic mass is 9.77. The smallest absolute Gasteiger partial charge is 0.303 e. The first-order chi connectivity index (χ1) is 15.1. The Hall–Kier alpha value is -2.20. The van der Waals surface area contributed by atoms with Crippen molar-refractivity contribution in [3.8, 4) is 11.5 Å². The number of hydrogen-bond acceptors (Lipinski definition) is 4. The Morgan fingerprint density at radius 2 is 1.47 bits per heavy atom. The molecule has 4 nitrogen and oxygen atoms in total. The van der Waals surface area contributed by atoms with Crippen molar-refractivity contribution in [1.82, 2.24) is 0 Å². The van der Waals surface area contributed by atoms with Gasteiger partial charge in [-0.1, -0.05) is 58.4 Å². The van der Waals surface area contributed by atoms with Crippen LogP contribution in [0, 0.1) is 19.8 Å². The molecule has 2 aromatic carbocycles. The van der Waals surface area contributed by atoms with Crippen LogP contribution >= 0.6 is 11.6 Å². The van der Waals surface area contributed by atoms with Crippen LogP contribution in [0.4, 0.5) is 0 Å². The van der Waals surface area contributed by atoms with E-state index in [9.17, 15) is 4.79 Å². The average Bonchev–Trinajstić information content (AvgIpc) is 2.75. The summed E-state index contributed by atoms with van der Waals surface area (Å²) in [6, 6.07) is 12.7. The lowest BCUT2D eigenvalue weighted by molar-refractivity contribution is -0.146. The molecule has 0 radical (unpaired) electrons. The molecule has 176 valence electrons. The molecular weight excluding hydrogens is 424 g/mol. The van der Waals surface area contributed by atoms with Crippen molar-refractivity contribution in [1.29, 1.82) is 0 Å². The predicted molar refractivity (Wildman–Crippen MR) is 131 cm³/mol. The minimum atomic E-state index is -0.464. The van der Waals surface area contributed by atoms with Crippen LogP contribution in [0.1, 0.15) is 63.3 Å². The van der Waals surface area contributed by atoms with Crippen LogP contribution < -0.4 is 9.47 Å². The second-order valence-electron chi connectivity index (χ2n) is 9.11. The van der Waals surface area contributed by atoms with Gasteiger partial charge in [-0.15, -0.1) is 11.6 Å². The Kier molecular flexibility index (Phi) is 9.45. The van der Waals surface area contributed by atoms with E-state index in [2.05, 4.69) is 65.0 Å². The van der Waals surface area contributed by atoms with E-state index in [4.69, 9.17) is 25.8 Å². The first-order valence-corrected chi connectivity index (χ1v) is 11.8. The van der Waals surface area contributed by atoms with Gasteiger partial charge >= 0.3 is 5.97 Å². The van der Waals surface area contributed by atoms with E-state index in [1.165, 1.54) is 18.1 Å². The number of hydrogen-bond donors (Lipinski definition) is 0. The summed E-state index contributed by atoms with van der Waals surface area (Å²) < 4.78 is 17.0. The third-order valence-electron chi connectivity index (χ3n) is 5.94. The summed E-state index contributed by atoms with van der Waals surface area (Å²) >= 11 is 5.87. The zero-order chi connectivity index (χ0) is 23.9. The monoisotopic (exact) mass is 460 g/mol. The SMILES string of the molecule is CC[C@@H](C)COc1ccc(C(C)(C)c2ccc(OC[C@H](CCl)OC(C)=O)c(C)c2)cc1C. The quantitative estimate of drug-likeness (QED) is 0.280. The number of carbonyl (C=O) groups excluding carboxylic acids is 1. The van der Waals surface area contributed by atoms with Crippen molar-refractivity contribution in [2.24, 2.45) is 5.92 Å². The molecule has 0 fully saturated rings. The summed E-state index contributed by atoms with van der Waals surface area (Å²) in [7, 11) is 0. The highest BCUT2D eigenvalue weighted by atomic mass is 35.5. The van der Waals surface area contributed by atoms with Crippen molar-refractivity contribution in [3.05, 3.63) is 58.7 Å². The molecule has 32 heavy (non-hydrogen) atoms. The molecule has 0 aliphatic heterocycles. The molecule has 0 spiro atoms. The van der Waals surface area contributed by atoms with Gasteiger partial charge in [-0.05, 0) is 54.2 Å². The number of aryl methyl sites for hydroxylation is 2. The van der Waals surface area contributed by atoms with Gasteiger partial charge < -0.3 is 14.2 Å². The van der Waals surface area contributed by atoms with Crippen LogP contribution in [0.3, 0.4) is 0 Å². The molecule has 0 aliphatic rings. The van der Waals surface area contributed by atoms with E-state index in [1.807, 2.05) is 13.0 Å². The highest BCUT2D eigenvalue weighted by molar-refractivity contribution is 6.18. The van der Waals surface area contributed by atoms with E-state index in [0.29, 0.717) is 5.92 Å². The van der Waals surface area contributed by atoms with Gasteiger partial charge in [0.15, 0.2) is 0 Å². The standard InChI is InChI=1S/C27H37ClO4/c1-8-18(2)16-30-25-11-9-22(13-19(25)3)27(6,7)23-10-12-26(20(4)14-23)31-17-24(15-28)32-21(5)29/h9-14,18,24H,8,15-17H2,1-7H3/t18-,24+/m1/s1. The lowest BCUT2D eigenvalue weighted by Crippen LogP contribution is -2.26. The number of rotatable bonds is 11. The van der Waals surface area contributed by atoms with Gasteiger partial charge in [0.2, 0.25) is 0 Å². The van der Waals surface area contributed by atoms with Gasteiger partial charge in [-0.2, -0.15) is 0 Å². The molecule has 0 heterocycles. The van der Waals surface area contributed by atoms with E-state index in [-0.39, 0.29) is 23.9 Å². The Bertz CT molecular complexity index is 907. The minimum absolute atomic E-state index is 0.181. The molecular formula is C27H37ClO4. The average molecular weight is 461 g/mol. The summed E-state index contributed by atoms with van der Waals surface area (Å²) in [4.78, 5) is 11.2. The molecule has 0 bridgehead atoms. The molecule has 0 saturated carbocycles. The van der Waals surface area contributed by atoms with Gasteiger partial charge in [0.1, 0.15) is 24.2 Å². The Balaban J connectivity index is 2.15. The highest BCUT2D eigenvalue weighted by Crippen LogP contribution is 2.36. The number of benzene rings is 2. The van der Waals surface area contributed by atoms with Gasteiger partial charge in [-0.25, -0.2) is 0 Å². The van der Waals surface area contributed by atoms with Gasteiger partial charge in [0, 0.05) is 12.3 Å².